The van der Waals surface area contributed by atoms with Crippen LogP contribution < -0.4 is 5.32 Å². The first-order valence-electron chi connectivity index (χ1n) is 7.28. The Labute approximate surface area is 114 Å². The van der Waals surface area contributed by atoms with Crippen molar-refractivity contribution in [3.05, 3.63) is 29.8 Å². The highest BCUT2D eigenvalue weighted by Crippen LogP contribution is 2.38. The van der Waals surface area contributed by atoms with Crippen LogP contribution in [-0.2, 0) is 0 Å². The maximum absolute atomic E-state index is 13.0. The third kappa shape index (κ3) is 2.28. The fourth-order valence-corrected chi connectivity index (χ4v) is 3.81. The van der Waals surface area contributed by atoms with Crippen molar-refractivity contribution in [3.8, 4) is 0 Å². The Bertz CT molecular complexity index is 434. The van der Waals surface area contributed by atoms with Crippen LogP contribution in [-0.4, -0.2) is 35.6 Å². The lowest BCUT2D eigenvalue weighted by Crippen LogP contribution is -2.36. The first-order valence-corrected chi connectivity index (χ1v) is 7.28. The number of aromatic nitrogens is 1. The van der Waals surface area contributed by atoms with E-state index >= 15 is 0 Å². The molecule has 4 unspecified atom stereocenters. The maximum atomic E-state index is 13.0. The predicted molar refractivity (Wildman–Crippen MR) is 73.2 cm³/mol. The maximum Gasteiger partial charge on any atom is 0.141 e. The van der Waals surface area contributed by atoms with Gasteiger partial charge in [-0.05, 0) is 50.4 Å². The third-order valence-electron chi connectivity index (χ3n) is 4.86. The molecule has 2 saturated heterocycles. The molecule has 2 aliphatic heterocycles. The number of hydrogen-bond acceptors (Lipinski definition) is 3. The van der Waals surface area contributed by atoms with E-state index in [1.807, 2.05) is 6.07 Å². The topological polar surface area (TPSA) is 28.2 Å². The van der Waals surface area contributed by atoms with Crippen LogP contribution in [0.5, 0.6) is 0 Å². The normalized spacial score (nSPS) is 32.5. The predicted octanol–water partition coefficient (Wildman–Crippen LogP) is 2.21. The molecule has 0 aromatic carbocycles. The van der Waals surface area contributed by atoms with Crippen LogP contribution in [0.2, 0.25) is 0 Å². The molecule has 2 aliphatic rings. The van der Waals surface area contributed by atoms with E-state index in [0.717, 1.165) is 43.6 Å². The lowest BCUT2D eigenvalue weighted by molar-refractivity contribution is 0.162. The summed E-state index contributed by atoms with van der Waals surface area (Å²) in [6.07, 6.45) is 2.36. The third-order valence-corrected chi connectivity index (χ3v) is 4.86. The summed E-state index contributed by atoms with van der Waals surface area (Å²) in [4.78, 5) is 6.86. The van der Waals surface area contributed by atoms with Crippen molar-refractivity contribution in [2.45, 2.75) is 32.4 Å². The standard InChI is InChI=1S/C15H22FN3/c1-3-15(14-5-4-12(16)7-18-14)19-9-11-6-17-8-13(11)10(19)2/h4-5,7,10-11,13,15,17H,3,6,8-9H2,1-2H3. The van der Waals surface area contributed by atoms with Gasteiger partial charge in [0.2, 0.25) is 0 Å². The molecule has 3 rings (SSSR count). The molecule has 1 aromatic rings. The second-order valence-corrected chi connectivity index (χ2v) is 5.84. The average molecular weight is 263 g/mol. The fraction of sp³-hybridized carbons (Fsp3) is 0.667. The number of likely N-dealkylation sites (tertiary alicyclic amines) is 1. The highest BCUT2D eigenvalue weighted by molar-refractivity contribution is 5.12. The van der Waals surface area contributed by atoms with E-state index in [2.05, 4.69) is 29.0 Å². The molecule has 3 heterocycles. The summed E-state index contributed by atoms with van der Waals surface area (Å²) in [6.45, 7) is 7.92. The molecule has 2 fully saturated rings. The fourth-order valence-electron chi connectivity index (χ4n) is 3.81. The molecule has 19 heavy (non-hydrogen) atoms. The van der Waals surface area contributed by atoms with E-state index in [1.165, 1.54) is 12.3 Å². The van der Waals surface area contributed by atoms with Crippen LogP contribution in [0.1, 0.15) is 32.0 Å². The zero-order valence-corrected chi connectivity index (χ0v) is 11.6. The molecular formula is C15H22FN3. The number of halogens is 1. The number of nitrogens with zero attached hydrogens (tertiary/aromatic N) is 2. The molecule has 4 heteroatoms. The number of hydrogen-bond donors (Lipinski definition) is 1. The second kappa shape index (κ2) is 5.17. The smallest absolute Gasteiger partial charge is 0.141 e. The van der Waals surface area contributed by atoms with E-state index in [4.69, 9.17) is 0 Å². The van der Waals surface area contributed by atoms with Gasteiger partial charge in [-0.1, -0.05) is 6.92 Å². The molecule has 0 radical (unpaired) electrons. The summed E-state index contributed by atoms with van der Waals surface area (Å²) >= 11 is 0. The second-order valence-electron chi connectivity index (χ2n) is 5.84. The van der Waals surface area contributed by atoms with Gasteiger partial charge in [-0.3, -0.25) is 9.88 Å². The molecular weight excluding hydrogens is 241 g/mol. The largest absolute Gasteiger partial charge is 0.316 e. The van der Waals surface area contributed by atoms with Gasteiger partial charge < -0.3 is 5.32 Å². The summed E-state index contributed by atoms with van der Waals surface area (Å²) in [7, 11) is 0. The number of pyridine rings is 1. The van der Waals surface area contributed by atoms with Gasteiger partial charge >= 0.3 is 0 Å². The SMILES string of the molecule is CCC(c1ccc(F)cn1)N1CC2CNCC2C1C. The van der Waals surface area contributed by atoms with Crippen molar-refractivity contribution >= 4 is 0 Å². The van der Waals surface area contributed by atoms with Crippen molar-refractivity contribution in [1.29, 1.82) is 0 Å². The van der Waals surface area contributed by atoms with Gasteiger partial charge in [-0.2, -0.15) is 0 Å². The molecule has 104 valence electrons. The number of rotatable bonds is 3. The Kier molecular flexibility index (Phi) is 3.54. The van der Waals surface area contributed by atoms with Crippen LogP contribution in [0.15, 0.2) is 18.3 Å². The van der Waals surface area contributed by atoms with E-state index in [1.54, 1.807) is 0 Å². The van der Waals surface area contributed by atoms with Crippen molar-refractivity contribution < 1.29 is 4.39 Å². The minimum absolute atomic E-state index is 0.255. The molecule has 3 nitrogen and oxygen atoms in total. The molecule has 0 spiro atoms. The van der Waals surface area contributed by atoms with Gasteiger partial charge in [-0.15, -0.1) is 0 Å². The molecule has 0 bridgehead atoms. The van der Waals surface area contributed by atoms with Gasteiger partial charge in [0.05, 0.1) is 17.9 Å². The summed E-state index contributed by atoms with van der Waals surface area (Å²) in [5, 5.41) is 3.49. The van der Waals surface area contributed by atoms with Crippen molar-refractivity contribution in [2.24, 2.45) is 11.8 Å². The minimum atomic E-state index is -0.255. The van der Waals surface area contributed by atoms with E-state index in [-0.39, 0.29) is 5.82 Å². The van der Waals surface area contributed by atoms with E-state index in [0.29, 0.717) is 12.1 Å². The average Bonchev–Trinajstić information content (AvgIpc) is 2.97. The Hall–Kier alpha value is -1.00. The quantitative estimate of drug-likeness (QED) is 0.906. The van der Waals surface area contributed by atoms with Gasteiger partial charge in [0.1, 0.15) is 5.82 Å². The molecule has 1 aromatic heterocycles. The highest BCUT2D eigenvalue weighted by atomic mass is 19.1. The molecule has 0 saturated carbocycles. The van der Waals surface area contributed by atoms with Gasteiger partial charge in [0.25, 0.3) is 0 Å². The zero-order chi connectivity index (χ0) is 13.4. The molecule has 4 atom stereocenters. The van der Waals surface area contributed by atoms with Crippen LogP contribution in [0.3, 0.4) is 0 Å². The zero-order valence-electron chi connectivity index (χ0n) is 11.6. The Morgan fingerprint density at radius 2 is 2.32 bits per heavy atom. The summed E-state index contributed by atoms with van der Waals surface area (Å²) in [6, 6.07) is 4.26. The summed E-state index contributed by atoms with van der Waals surface area (Å²) in [5.41, 5.74) is 1.00. The number of fused-ring (bicyclic) bond motifs is 1. The summed E-state index contributed by atoms with van der Waals surface area (Å²) < 4.78 is 13.0. The first kappa shape index (κ1) is 13.0. The minimum Gasteiger partial charge on any atom is -0.316 e. The van der Waals surface area contributed by atoms with Crippen molar-refractivity contribution in [2.75, 3.05) is 19.6 Å². The molecule has 0 amide bonds. The molecule has 1 N–H and O–H groups in total. The lowest BCUT2D eigenvalue weighted by atomic mass is 9.95. The molecule has 0 aliphatic carbocycles. The Morgan fingerprint density at radius 3 is 2.95 bits per heavy atom. The van der Waals surface area contributed by atoms with Gasteiger partial charge in [0.15, 0.2) is 0 Å². The Balaban J connectivity index is 1.81. The van der Waals surface area contributed by atoms with Gasteiger partial charge in [-0.25, -0.2) is 4.39 Å². The Morgan fingerprint density at radius 1 is 1.47 bits per heavy atom. The van der Waals surface area contributed by atoms with Crippen LogP contribution >= 0.6 is 0 Å². The van der Waals surface area contributed by atoms with E-state index in [9.17, 15) is 4.39 Å². The van der Waals surface area contributed by atoms with Crippen LogP contribution in [0, 0.1) is 17.7 Å². The van der Waals surface area contributed by atoms with Crippen molar-refractivity contribution in [3.63, 3.8) is 0 Å². The van der Waals surface area contributed by atoms with Crippen molar-refractivity contribution in [1.82, 2.24) is 15.2 Å². The first-order chi connectivity index (χ1) is 9.20. The van der Waals surface area contributed by atoms with Crippen LogP contribution in [0.25, 0.3) is 0 Å². The monoisotopic (exact) mass is 263 g/mol. The number of nitrogens with one attached hydrogen (secondary N) is 1. The van der Waals surface area contributed by atoms with Gasteiger partial charge in [0, 0.05) is 12.6 Å². The van der Waals surface area contributed by atoms with Crippen LogP contribution in [0.4, 0.5) is 4.39 Å². The lowest BCUT2D eigenvalue weighted by Gasteiger charge is -2.32. The summed E-state index contributed by atoms with van der Waals surface area (Å²) in [5.74, 6) is 1.27. The highest BCUT2D eigenvalue weighted by Gasteiger charge is 2.44. The van der Waals surface area contributed by atoms with E-state index < -0.39 is 0 Å².